The number of urea groups is 1. The third kappa shape index (κ3) is 8.38. The maximum Gasteiger partial charge on any atom is 0.337 e. The normalized spacial score (nSPS) is 14.2. The van der Waals surface area contributed by atoms with Crippen molar-refractivity contribution in [1.82, 2.24) is 15.1 Å². The van der Waals surface area contributed by atoms with Gasteiger partial charge in [0.1, 0.15) is 0 Å². The lowest BCUT2D eigenvalue weighted by molar-refractivity contribution is 0.00556. The number of carbonyl (C=O) groups excluding carboxylic acids is 2. The van der Waals surface area contributed by atoms with E-state index in [1.165, 1.54) is 7.11 Å². The minimum atomic E-state index is -0.369. The van der Waals surface area contributed by atoms with Gasteiger partial charge < -0.3 is 29.2 Å². The molecular formula is C32H38ClN3O6. The maximum absolute atomic E-state index is 12.9. The molecule has 4 rings (SSSR count). The van der Waals surface area contributed by atoms with Gasteiger partial charge >= 0.3 is 12.0 Å². The number of piperazine rings is 1. The van der Waals surface area contributed by atoms with Gasteiger partial charge in [-0.05, 0) is 53.4 Å². The van der Waals surface area contributed by atoms with Crippen LogP contribution in [0.4, 0.5) is 4.79 Å². The summed E-state index contributed by atoms with van der Waals surface area (Å²) in [5, 5.41) is 3.70. The Balaban J connectivity index is 1.29. The van der Waals surface area contributed by atoms with E-state index in [2.05, 4.69) is 10.2 Å². The number of rotatable bonds is 12. The van der Waals surface area contributed by atoms with Crippen molar-refractivity contribution in [1.29, 1.82) is 0 Å². The highest BCUT2D eigenvalue weighted by molar-refractivity contribution is 6.30. The van der Waals surface area contributed by atoms with Crippen LogP contribution in [0, 0.1) is 0 Å². The molecule has 42 heavy (non-hydrogen) atoms. The molecule has 2 amide bonds. The van der Waals surface area contributed by atoms with E-state index in [0.717, 1.165) is 29.8 Å². The van der Waals surface area contributed by atoms with E-state index in [1.54, 1.807) is 26.4 Å². The van der Waals surface area contributed by atoms with Crippen molar-refractivity contribution in [3.8, 4) is 11.5 Å². The Kier molecular flexibility index (Phi) is 11.5. The fourth-order valence-corrected chi connectivity index (χ4v) is 5.04. The van der Waals surface area contributed by atoms with E-state index in [1.807, 2.05) is 59.5 Å². The molecule has 0 spiro atoms. The van der Waals surface area contributed by atoms with E-state index >= 15 is 0 Å². The second kappa shape index (κ2) is 15.4. The number of esters is 1. The van der Waals surface area contributed by atoms with E-state index in [9.17, 15) is 9.59 Å². The van der Waals surface area contributed by atoms with Crippen LogP contribution < -0.4 is 14.8 Å². The van der Waals surface area contributed by atoms with Gasteiger partial charge in [0.25, 0.3) is 0 Å². The van der Waals surface area contributed by atoms with E-state index in [-0.39, 0.29) is 18.1 Å². The highest BCUT2D eigenvalue weighted by atomic mass is 35.5. The number of amides is 2. The van der Waals surface area contributed by atoms with Crippen molar-refractivity contribution < 1.29 is 28.5 Å². The van der Waals surface area contributed by atoms with Crippen LogP contribution in [-0.4, -0.2) is 82.4 Å². The Hall–Kier alpha value is -3.79. The number of nitrogens with one attached hydrogen (secondary N) is 1. The molecule has 0 saturated carbocycles. The smallest absolute Gasteiger partial charge is 0.337 e. The standard InChI is InChI=1S/C32H38ClN3O6/c1-39-28-6-4-5-25(30(28)40-2)15-16-34-32(38)36-19-17-35(18-20-36)21-29(24-11-13-27(33)14-12-24)42-22-23-7-9-26(10-8-23)31(37)41-3/h4-14,29H,15-22H2,1-3H3,(H,34,38). The number of hydrogen-bond acceptors (Lipinski definition) is 7. The molecule has 1 unspecified atom stereocenters. The quantitative estimate of drug-likeness (QED) is 0.296. The fourth-order valence-electron chi connectivity index (χ4n) is 4.92. The predicted molar refractivity (Wildman–Crippen MR) is 161 cm³/mol. The molecule has 224 valence electrons. The molecule has 0 aromatic heterocycles. The summed E-state index contributed by atoms with van der Waals surface area (Å²) in [6, 6.07) is 20.6. The zero-order valence-electron chi connectivity index (χ0n) is 24.3. The van der Waals surface area contributed by atoms with Crippen LogP contribution in [-0.2, 0) is 22.5 Å². The van der Waals surface area contributed by atoms with Gasteiger partial charge in [-0.25, -0.2) is 9.59 Å². The first-order valence-electron chi connectivity index (χ1n) is 13.9. The van der Waals surface area contributed by atoms with Crippen LogP contribution >= 0.6 is 11.6 Å². The lowest BCUT2D eigenvalue weighted by atomic mass is 10.1. The van der Waals surface area contributed by atoms with Crippen molar-refractivity contribution >= 4 is 23.6 Å². The maximum atomic E-state index is 12.9. The van der Waals surface area contributed by atoms with E-state index < -0.39 is 0 Å². The molecule has 1 atom stereocenters. The van der Waals surface area contributed by atoms with Gasteiger partial charge in [-0.15, -0.1) is 0 Å². The van der Waals surface area contributed by atoms with E-state index in [4.69, 9.17) is 30.5 Å². The summed E-state index contributed by atoms with van der Waals surface area (Å²) in [7, 11) is 4.59. The van der Waals surface area contributed by atoms with Gasteiger partial charge in [-0.3, -0.25) is 4.90 Å². The predicted octanol–water partition coefficient (Wildman–Crippen LogP) is 4.97. The van der Waals surface area contributed by atoms with Gasteiger partial charge in [0, 0.05) is 44.3 Å². The van der Waals surface area contributed by atoms with E-state index in [0.29, 0.717) is 61.3 Å². The number of para-hydroxylation sites is 1. The highest BCUT2D eigenvalue weighted by Gasteiger charge is 2.24. The zero-order valence-corrected chi connectivity index (χ0v) is 25.1. The molecule has 10 heteroatoms. The lowest BCUT2D eigenvalue weighted by Crippen LogP contribution is -2.52. The average molecular weight is 596 g/mol. The second-order valence-corrected chi connectivity index (χ2v) is 10.4. The summed E-state index contributed by atoms with van der Waals surface area (Å²) in [4.78, 5) is 28.8. The molecule has 0 radical (unpaired) electrons. The van der Waals surface area contributed by atoms with Gasteiger partial charge in [0.15, 0.2) is 11.5 Å². The summed E-state index contributed by atoms with van der Waals surface area (Å²) < 4.78 is 22.0. The summed E-state index contributed by atoms with van der Waals surface area (Å²) in [6.45, 7) is 4.27. The Morgan fingerprint density at radius 3 is 2.26 bits per heavy atom. The molecule has 0 aliphatic carbocycles. The number of ether oxygens (including phenoxy) is 4. The minimum absolute atomic E-state index is 0.0718. The first kappa shape index (κ1) is 31.2. The SMILES string of the molecule is COC(=O)c1ccc(COC(CN2CCN(C(=O)NCCc3cccc(OC)c3OC)CC2)c2ccc(Cl)cc2)cc1. The molecule has 1 fully saturated rings. The molecule has 3 aromatic rings. The minimum Gasteiger partial charge on any atom is -0.493 e. The molecule has 1 N–H and O–H groups in total. The summed E-state index contributed by atoms with van der Waals surface area (Å²) >= 11 is 6.13. The fraction of sp³-hybridized carbons (Fsp3) is 0.375. The molecule has 1 aliphatic heterocycles. The molecule has 1 heterocycles. The van der Waals surface area contributed by atoms with Crippen molar-refractivity contribution in [2.75, 3.05) is 60.6 Å². The number of benzene rings is 3. The van der Waals surface area contributed by atoms with Crippen molar-refractivity contribution in [2.24, 2.45) is 0 Å². The molecule has 9 nitrogen and oxygen atoms in total. The first-order valence-corrected chi connectivity index (χ1v) is 14.3. The van der Waals surface area contributed by atoms with Crippen LogP contribution in [0.3, 0.4) is 0 Å². The lowest BCUT2D eigenvalue weighted by Gasteiger charge is -2.36. The van der Waals surface area contributed by atoms with Crippen LogP contribution in [0.5, 0.6) is 11.5 Å². The van der Waals surface area contributed by atoms with Crippen LogP contribution in [0.15, 0.2) is 66.7 Å². The molecule has 1 aliphatic rings. The molecule has 0 bridgehead atoms. The zero-order chi connectivity index (χ0) is 29.9. The number of methoxy groups -OCH3 is 3. The topological polar surface area (TPSA) is 89.6 Å². The van der Waals surface area contributed by atoms with Gasteiger partial charge in [0.2, 0.25) is 0 Å². The molecule has 3 aromatic carbocycles. The second-order valence-electron chi connectivity index (χ2n) is 9.96. The van der Waals surface area contributed by atoms with Crippen molar-refractivity contribution in [2.45, 2.75) is 19.1 Å². The number of hydrogen-bond donors (Lipinski definition) is 1. The largest absolute Gasteiger partial charge is 0.493 e. The summed E-state index contributed by atoms with van der Waals surface area (Å²) in [5.74, 6) is 1.000. The summed E-state index contributed by atoms with van der Waals surface area (Å²) in [6.07, 6.45) is 0.443. The summed E-state index contributed by atoms with van der Waals surface area (Å²) in [5.41, 5.74) is 3.46. The van der Waals surface area contributed by atoms with Crippen LogP contribution in [0.2, 0.25) is 5.02 Å². The van der Waals surface area contributed by atoms with Crippen LogP contribution in [0.25, 0.3) is 0 Å². The van der Waals surface area contributed by atoms with Crippen LogP contribution in [0.1, 0.15) is 33.2 Å². The highest BCUT2D eigenvalue weighted by Crippen LogP contribution is 2.30. The molecule has 1 saturated heterocycles. The Labute approximate surface area is 252 Å². The first-order chi connectivity index (χ1) is 20.4. The Morgan fingerprint density at radius 1 is 0.905 bits per heavy atom. The van der Waals surface area contributed by atoms with Crippen molar-refractivity contribution in [3.05, 3.63) is 94.0 Å². The Morgan fingerprint density at radius 2 is 1.62 bits per heavy atom. The number of nitrogens with zero attached hydrogens (tertiary/aromatic N) is 2. The monoisotopic (exact) mass is 595 g/mol. The molecular weight excluding hydrogens is 558 g/mol. The Bertz CT molecular complexity index is 1310. The van der Waals surface area contributed by atoms with Gasteiger partial charge in [0.05, 0.1) is 39.6 Å². The average Bonchev–Trinajstić information content (AvgIpc) is 3.03. The third-order valence-corrected chi connectivity index (χ3v) is 7.56. The third-order valence-electron chi connectivity index (χ3n) is 7.31. The van der Waals surface area contributed by atoms with Gasteiger partial charge in [-0.2, -0.15) is 0 Å². The number of carbonyl (C=O) groups is 2. The number of halogens is 1. The van der Waals surface area contributed by atoms with Gasteiger partial charge in [-0.1, -0.05) is 48.0 Å². The van der Waals surface area contributed by atoms with Crippen molar-refractivity contribution in [3.63, 3.8) is 0 Å².